The lowest BCUT2D eigenvalue weighted by Crippen LogP contribution is -1.92. The third kappa shape index (κ3) is 3.34. The number of aromatic nitrogens is 2. The van der Waals surface area contributed by atoms with E-state index in [0.717, 1.165) is 17.7 Å². The Morgan fingerprint density at radius 2 is 2.10 bits per heavy atom. The van der Waals surface area contributed by atoms with Gasteiger partial charge in [-0.2, -0.15) is 0 Å². The molecule has 0 saturated carbocycles. The second-order valence-corrected chi connectivity index (χ2v) is 4.15. The Labute approximate surface area is 117 Å². The van der Waals surface area contributed by atoms with Gasteiger partial charge in [-0.3, -0.25) is 0 Å². The SMILES string of the molecule is CCC(C)=NOCc1nnc(-c2ccccc2OC)o1. The van der Waals surface area contributed by atoms with E-state index in [0.29, 0.717) is 17.5 Å². The number of oxime groups is 1. The maximum atomic E-state index is 5.53. The number of nitrogens with zero attached hydrogens (tertiary/aromatic N) is 3. The van der Waals surface area contributed by atoms with E-state index in [1.54, 1.807) is 7.11 Å². The van der Waals surface area contributed by atoms with Crippen molar-refractivity contribution in [2.45, 2.75) is 26.9 Å². The zero-order chi connectivity index (χ0) is 14.4. The van der Waals surface area contributed by atoms with E-state index < -0.39 is 0 Å². The summed E-state index contributed by atoms with van der Waals surface area (Å²) in [4.78, 5) is 5.14. The quantitative estimate of drug-likeness (QED) is 0.598. The van der Waals surface area contributed by atoms with Crippen LogP contribution in [0.1, 0.15) is 26.2 Å². The van der Waals surface area contributed by atoms with Crippen molar-refractivity contribution in [1.29, 1.82) is 0 Å². The maximum absolute atomic E-state index is 5.53. The fourth-order valence-electron chi connectivity index (χ4n) is 1.50. The first-order chi connectivity index (χ1) is 9.74. The summed E-state index contributed by atoms with van der Waals surface area (Å²) in [5, 5.41) is 11.8. The van der Waals surface area contributed by atoms with Gasteiger partial charge >= 0.3 is 0 Å². The van der Waals surface area contributed by atoms with Crippen molar-refractivity contribution in [2.75, 3.05) is 7.11 Å². The molecular weight excluding hydrogens is 258 g/mol. The Hall–Kier alpha value is -2.37. The maximum Gasteiger partial charge on any atom is 0.257 e. The molecule has 1 aromatic carbocycles. The van der Waals surface area contributed by atoms with Crippen LogP contribution < -0.4 is 4.74 Å². The smallest absolute Gasteiger partial charge is 0.257 e. The zero-order valence-electron chi connectivity index (χ0n) is 11.8. The van der Waals surface area contributed by atoms with Crippen LogP contribution in [0.25, 0.3) is 11.5 Å². The van der Waals surface area contributed by atoms with E-state index >= 15 is 0 Å². The lowest BCUT2D eigenvalue weighted by Gasteiger charge is -2.03. The molecule has 0 bridgehead atoms. The first-order valence-corrected chi connectivity index (χ1v) is 6.35. The van der Waals surface area contributed by atoms with Crippen molar-refractivity contribution in [3.05, 3.63) is 30.2 Å². The Morgan fingerprint density at radius 1 is 1.30 bits per heavy atom. The van der Waals surface area contributed by atoms with Crippen LogP contribution in [0.2, 0.25) is 0 Å². The van der Waals surface area contributed by atoms with Gasteiger partial charge in [0.05, 0.1) is 18.4 Å². The molecule has 0 radical (unpaired) electrons. The van der Waals surface area contributed by atoms with Gasteiger partial charge < -0.3 is 14.0 Å². The highest BCUT2D eigenvalue weighted by Crippen LogP contribution is 2.28. The summed E-state index contributed by atoms with van der Waals surface area (Å²) >= 11 is 0. The van der Waals surface area contributed by atoms with Gasteiger partial charge in [0.1, 0.15) is 5.75 Å². The normalized spacial score (nSPS) is 11.4. The van der Waals surface area contributed by atoms with Crippen LogP contribution in [0.3, 0.4) is 0 Å². The van der Waals surface area contributed by atoms with Gasteiger partial charge in [0.25, 0.3) is 11.8 Å². The number of hydrogen-bond donors (Lipinski definition) is 0. The molecule has 0 spiro atoms. The molecule has 0 aliphatic rings. The molecule has 2 rings (SSSR count). The number of rotatable bonds is 6. The molecule has 20 heavy (non-hydrogen) atoms. The van der Waals surface area contributed by atoms with Gasteiger partial charge in [-0.1, -0.05) is 24.2 Å². The summed E-state index contributed by atoms with van der Waals surface area (Å²) < 4.78 is 10.8. The number of hydrogen-bond acceptors (Lipinski definition) is 6. The van der Waals surface area contributed by atoms with Crippen molar-refractivity contribution >= 4 is 5.71 Å². The van der Waals surface area contributed by atoms with Crippen molar-refractivity contribution in [3.8, 4) is 17.2 Å². The molecule has 0 aliphatic heterocycles. The summed E-state index contributed by atoms with van der Waals surface area (Å²) in [6, 6.07) is 7.46. The Bertz CT molecular complexity index is 593. The highest BCUT2D eigenvalue weighted by Gasteiger charge is 2.13. The average Bonchev–Trinajstić information content (AvgIpc) is 2.95. The Kier molecular flexibility index (Phi) is 4.70. The zero-order valence-corrected chi connectivity index (χ0v) is 11.8. The second-order valence-electron chi connectivity index (χ2n) is 4.15. The molecule has 106 valence electrons. The van der Waals surface area contributed by atoms with Crippen LogP contribution in [-0.2, 0) is 11.4 Å². The van der Waals surface area contributed by atoms with Crippen LogP contribution in [0.5, 0.6) is 5.75 Å². The van der Waals surface area contributed by atoms with Crippen LogP contribution in [0.15, 0.2) is 33.8 Å². The summed E-state index contributed by atoms with van der Waals surface area (Å²) in [7, 11) is 1.60. The van der Waals surface area contributed by atoms with Gasteiger partial charge in [0, 0.05) is 0 Å². The lowest BCUT2D eigenvalue weighted by molar-refractivity contribution is 0.110. The standard InChI is InChI=1S/C14H17N3O3/c1-4-10(2)17-19-9-13-15-16-14(20-13)11-7-5-6-8-12(11)18-3/h5-8H,4,9H2,1-3H3. The van der Waals surface area contributed by atoms with Crippen molar-refractivity contribution in [2.24, 2.45) is 5.16 Å². The third-order valence-electron chi connectivity index (χ3n) is 2.72. The lowest BCUT2D eigenvalue weighted by atomic mass is 10.2. The molecule has 6 heteroatoms. The van der Waals surface area contributed by atoms with Crippen LogP contribution in [0.4, 0.5) is 0 Å². The molecule has 0 amide bonds. The topological polar surface area (TPSA) is 69.7 Å². The Morgan fingerprint density at radius 3 is 2.85 bits per heavy atom. The van der Waals surface area contributed by atoms with Gasteiger partial charge in [-0.05, 0) is 25.5 Å². The number of benzene rings is 1. The van der Waals surface area contributed by atoms with E-state index in [1.807, 2.05) is 38.1 Å². The number of methoxy groups -OCH3 is 1. The van der Waals surface area contributed by atoms with Gasteiger partial charge in [-0.15, -0.1) is 10.2 Å². The minimum atomic E-state index is 0.152. The Balaban J connectivity index is 2.09. The number of ether oxygens (including phenoxy) is 1. The summed E-state index contributed by atoms with van der Waals surface area (Å²) in [6.07, 6.45) is 0.844. The molecule has 0 N–H and O–H groups in total. The predicted octanol–water partition coefficient (Wildman–Crippen LogP) is 3.05. The highest BCUT2D eigenvalue weighted by molar-refractivity contribution is 5.80. The minimum Gasteiger partial charge on any atom is -0.496 e. The first-order valence-electron chi connectivity index (χ1n) is 6.35. The van der Waals surface area contributed by atoms with Gasteiger partial charge in [-0.25, -0.2) is 0 Å². The average molecular weight is 275 g/mol. The van der Waals surface area contributed by atoms with E-state index in [9.17, 15) is 0 Å². The fourth-order valence-corrected chi connectivity index (χ4v) is 1.50. The largest absolute Gasteiger partial charge is 0.496 e. The van der Waals surface area contributed by atoms with E-state index in [4.69, 9.17) is 14.0 Å². The molecule has 6 nitrogen and oxygen atoms in total. The van der Waals surface area contributed by atoms with E-state index in [1.165, 1.54) is 0 Å². The minimum absolute atomic E-state index is 0.152. The molecule has 1 aromatic heterocycles. The molecule has 0 saturated heterocycles. The van der Waals surface area contributed by atoms with Gasteiger partial charge in [0.2, 0.25) is 0 Å². The molecule has 0 fully saturated rings. The van der Waals surface area contributed by atoms with E-state index in [-0.39, 0.29) is 6.61 Å². The van der Waals surface area contributed by atoms with Crippen molar-refractivity contribution in [1.82, 2.24) is 10.2 Å². The summed E-state index contributed by atoms with van der Waals surface area (Å²) in [6.45, 7) is 4.06. The molecule has 0 aliphatic carbocycles. The molecule has 0 atom stereocenters. The van der Waals surface area contributed by atoms with Crippen molar-refractivity contribution < 1.29 is 14.0 Å². The van der Waals surface area contributed by atoms with Gasteiger partial charge in [0.15, 0.2) is 6.61 Å². The number of para-hydroxylation sites is 1. The summed E-state index contributed by atoms with van der Waals surface area (Å²) in [5.41, 5.74) is 1.66. The molecule has 2 aromatic rings. The van der Waals surface area contributed by atoms with Crippen LogP contribution in [0, 0.1) is 0 Å². The molecule has 1 heterocycles. The predicted molar refractivity (Wildman–Crippen MR) is 74.5 cm³/mol. The van der Waals surface area contributed by atoms with Crippen LogP contribution in [-0.4, -0.2) is 23.0 Å². The monoisotopic (exact) mass is 275 g/mol. The fraction of sp³-hybridized carbons (Fsp3) is 0.357. The first kappa shape index (κ1) is 14.0. The highest BCUT2D eigenvalue weighted by atomic mass is 16.6. The molecular formula is C14H17N3O3. The molecule has 0 unspecified atom stereocenters. The van der Waals surface area contributed by atoms with Crippen molar-refractivity contribution in [3.63, 3.8) is 0 Å². The van der Waals surface area contributed by atoms with Crippen LogP contribution >= 0.6 is 0 Å². The van der Waals surface area contributed by atoms with E-state index in [2.05, 4.69) is 15.4 Å². The summed E-state index contributed by atoms with van der Waals surface area (Å²) in [5.74, 6) is 1.46. The third-order valence-corrected chi connectivity index (χ3v) is 2.72. The second kappa shape index (κ2) is 6.70.